The largest absolute Gasteiger partial charge is 0.480 e. The maximum absolute atomic E-state index is 11.3. The Morgan fingerprint density at radius 1 is 1.56 bits per heavy atom. The van der Waals surface area contributed by atoms with Crippen molar-refractivity contribution in [2.75, 3.05) is 24.6 Å². The van der Waals surface area contributed by atoms with Gasteiger partial charge in [-0.2, -0.15) is 0 Å². The fraction of sp³-hybridized carbons (Fsp3) is 0.700. The fourth-order valence-electron chi connectivity index (χ4n) is 1.84. The summed E-state index contributed by atoms with van der Waals surface area (Å²) in [6.45, 7) is 0.283. The summed E-state index contributed by atoms with van der Waals surface area (Å²) in [5, 5.41) is 8.73. The second kappa shape index (κ2) is 5.32. The third-order valence-corrected chi connectivity index (χ3v) is 4.36. The molecule has 1 heterocycles. The van der Waals surface area contributed by atoms with Gasteiger partial charge in [-0.15, -0.1) is 12.3 Å². The summed E-state index contributed by atoms with van der Waals surface area (Å²) in [7, 11) is -2.99. The van der Waals surface area contributed by atoms with Gasteiger partial charge in [-0.05, 0) is 6.42 Å². The molecular formula is C10H15NO4S. The number of carboxylic acid groups (broad SMARTS) is 1. The molecule has 1 aliphatic heterocycles. The fourth-order valence-corrected chi connectivity index (χ4v) is 3.60. The molecule has 0 aromatic carbocycles. The highest BCUT2D eigenvalue weighted by molar-refractivity contribution is 7.91. The third-order valence-electron chi connectivity index (χ3n) is 2.61. The van der Waals surface area contributed by atoms with E-state index in [1.165, 1.54) is 0 Å². The third kappa shape index (κ3) is 3.83. The first-order valence-corrected chi connectivity index (χ1v) is 6.86. The van der Waals surface area contributed by atoms with Crippen LogP contribution >= 0.6 is 0 Å². The highest BCUT2D eigenvalue weighted by Gasteiger charge is 2.32. The van der Waals surface area contributed by atoms with Gasteiger partial charge in [-0.3, -0.25) is 9.69 Å². The minimum Gasteiger partial charge on any atom is -0.480 e. The summed E-state index contributed by atoms with van der Waals surface area (Å²) in [5.41, 5.74) is 0. The Kier molecular flexibility index (Phi) is 4.33. The molecule has 1 atom stereocenters. The predicted octanol–water partition coefficient (Wildman–Crippen LogP) is -0.417. The van der Waals surface area contributed by atoms with Crippen molar-refractivity contribution in [3.05, 3.63) is 0 Å². The highest BCUT2D eigenvalue weighted by atomic mass is 32.2. The maximum Gasteiger partial charge on any atom is 0.317 e. The molecular weight excluding hydrogens is 230 g/mol. The highest BCUT2D eigenvalue weighted by Crippen LogP contribution is 2.17. The average molecular weight is 245 g/mol. The van der Waals surface area contributed by atoms with E-state index in [0.29, 0.717) is 19.4 Å². The molecule has 0 aromatic heterocycles. The Morgan fingerprint density at radius 3 is 2.69 bits per heavy atom. The van der Waals surface area contributed by atoms with Gasteiger partial charge < -0.3 is 5.11 Å². The quantitative estimate of drug-likeness (QED) is 0.666. The number of aliphatic carboxylic acids is 1. The SMILES string of the molecule is C#CCCN(CC(=O)O)C1CCS(=O)(=O)C1. The van der Waals surface area contributed by atoms with Crippen molar-refractivity contribution < 1.29 is 18.3 Å². The van der Waals surface area contributed by atoms with Crippen LogP contribution in [0.2, 0.25) is 0 Å². The monoisotopic (exact) mass is 245 g/mol. The Balaban J connectivity index is 2.63. The van der Waals surface area contributed by atoms with Gasteiger partial charge >= 0.3 is 5.97 Å². The van der Waals surface area contributed by atoms with Crippen LogP contribution in [0.5, 0.6) is 0 Å². The zero-order valence-electron chi connectivity index (χ0n) is 8.92. The van der Waals surface area contributed by atoms with Crippen molar-refractivity contribution in [3.8, 4) is 12.3 Å². The average Bonchev–Trinajstić information content (AvgIpc) is 2.52. The number of hydrogen-bond donors (Lipinski definition) is 1. The van der Waals surface area contributed by atoms with Gasteiger partial charge in [0.15, 0.2) is 9.84 Å². The van der Waals surface area contributed by atoms with E-state index in [0.717, 1.165) is 0 Å². The Morgan fingerprint density at radius 2 is 2.25 bits per heavy atom. The molecule has 6 heteroatoms. The number of nitrogens with zero attached hydrogens (tertiary/aromatic N) is 1. The number of rotatable bonds is 5. The lowest BCUT2D eigenvalue weighted by Crippen LogP contribution is -2.40. The zero-order chi connectivity index (χ0) is 12.2. The molecule has 0 saturated carbocycles. The van der Waals surface area contributed by atoms with E-state index < -0.39 is 15.8 Å². The smallest absolute Gasteiger partial charge is 0.317 e. The second-order valence-corrected chi connectivity index (χ2v) is 6.10. The van der Waals surface area contributed by atoms with Crippen molar-refractivity contribution in [1.29, 1.82) is 0 Å². The van der Waals surface area contributed by atoms with Gasteiger partial charge in [-0.25, -0.2) is 8.42 Å². The minimum absolute atomic E-state index is 0.0465. The molecule has 0 aliphatic carbocycles. The van der Waals surface area contributed by atoms with E-state index >= 15 is 0 Å². The lowest BCUT2D eigenvalue weighted by atomic mass is 10.2. The van der Waals surface area contributed by atoms with Crippen LogP contribution in [0.15, 0.2) is 0 Å². The van der Waals surface area contributed by atoms with E-state index in [2.05, 4.69) is 5.92 Å². The summed E-state index contributed by atoms with van der Waals surface area (Å²) in [6.07, 6.45) is 6.05. The van der Waals surface area contributed by atoms with E-state index in [4.69, 9.17) is 11.5 Å². The van der Waals surface area contributed by atoms with Crippen molar-refractivity contribution >= 4 is 15.8 Å². The van der Waals surface area contributed by atoms with Crippen molar-refractivity contribution in [2.45, 2.75) is 18.9 Å². The molecule has 0 amide bonds. The lowest BCUT2D eigenvalue weighted by Gasteiger charge is -2.25. The summed E-state index contributed by atoms with van der Waals surface area (Å²) >= 11 is 0. The van der Waals surface area contributed by atoms with Gasteiger partial charge in [0, 0.05) is 19.0 Å². The van der Waals surface area contributed by atoms with Crippen molar-refractivity contribution in [2.24, 2.45) is 0 Å². The Hall–Kier alpha value is -1.06. The molecule has 16 heavy (non-hydrogen) atoms. The van der Waals surface area contributed by atoms with E-state index in [1.807, 2.05) is 0 Å². The van der Waals surface area contributed by atoms with Crippen LogP contribution in [0.1, 0.15) is 12.8 Å². The molecule has 1 fully saturated rings. The standard InChI is InChI=1S/C10H15NO4S/c1-2-3-5-11(7-10(12)13)9-4-6-16(14,15)8-9/h1,9H,3-8H2,(H,12,13). The zero-order valence-corrected chi connectivity index (χ0v) is 9.74. The molecule has 1 unspecified atom stereocenters. The first kappa shape index (κ1) is 13.0. The second-order valence-electron chi connectivity index (χ2n) is 3.88. The van der Waals surface area contributed by atoms with Gasteiger partial charge in [0.05, 0.1) is 18.1 Å². The first-order chi connectivity index (χ1) is 7.44. The molecule has 0 spiro atoms. The van der Waals surface area contributed by atoms with E-state index in [1.54, 1.807) is 4.90 Å². The molecule has 0 radical (unpaired) electrons. The molecule has 90 valence electrons. The summed E-state index contributed by atoms with van der Waals surface area (Å²) in [5.74, 6) is 1.66. The normalized spacial score (nSPS) is 23.1. The maximum atomic E-state index is 11.3. The molecule has 0 aromatic rings. The molecule has 1 N–H and O–H groups in total. The van der Waals surface area contributed by atoms with Crippen LogP contribution < -0.4 is 0 Å². The molecule has 5 nitrogen and oxygen atoms in total. The number of sulfone groups is 1. The number of terminal acetylenes is 1. The van der Waals surface area contributed by atoms with Gasteiger partial charge in [0.2, 0.25) is 0 Å². The molecule has 1 saturated heterocycles. The number of carbonyl (C=O) groups is 1. The summed E-state index contributed by atoms with van der Waals surface area (Å²) < 4.78 is 22.6. The van der Waals surface area contributed by atoms with E-state index in [9.17, 15) is 13.2 Å². The van der Waals surface area contributed by atoms with Gasteiger partial charge in [-0.1, -0.05) is 0 Å². The Bertz CT molecular complexity index is 396. The van der Waals surface area contributed by atoms with Crippen molar-refractivity contribution in [1.82, 2.24) is 4.90 Å². The molecule has 1 aliphatic rings. The van der Waals surface area contributed by atoms with Gasteiger partial charge in [0.1, 0.15) is 0 Å². The van der Waals surface area contributed by atoms with Crippen LogP contribution in [0.4, 0.5) is 0 Å². The summed E-state index contributed by atoms with van der Waals surface area (Å²) in [4.78, 5) is 12.3. The van der Waals surface area contributed by atoms with Crippen LogP contribution in [0.3, 0.4) is 0 Å². The van der Waals surface area contributed by atoms with Crippen LogP contribution in [0.25, 0.3) is 0 Å². The topological polar surface area (TPSA) is 74.7 Å². The van der Waals surface area contributed by atoms with Crippen LogP contribution in [-0.2, 0) is 14.6 Å². The number of carboxylic acids is 1. The predicted molar refractivity (Wildman–Crippen MR) is 59.7 cm³/mol. The number of hydrogen-bond acceptors (Lipinski definition) is 4. The Labute approximate surface area is 95.4 Å². The minimum atomic E-state index is -2.99. The molecule has 1 rings (SSSR count). The van der Waals surface area contributed by atoms with Crippen LogP contribution in [-0.4, -0.2) is 55.0 Å². The summed E-state index contributed by atoms with van der Waals surface area (Å²) in [6, 6.07) is -0.200. The van der Waals surface area contributed by atoms with Gasteiger partial charge in [0.25, 0.3) is 0 Å². The molecule has 0 bridgehead atoms. The van der Waals surface area contributed by atoms with Crippen molar-refractivity contribution in [3.63, 3.8) is 0 Å². The van der Waals surface area contributed by atoms with Crippen LogP contribution in [0, 0.1) is 12.3 Å². The lowest BCUT2D eigenvalue weighted by molar-refractivity contribution is -0.138. The van der Waals surface area contributed by atoms with E-state index in [-0.39, 0.29) is 24.1 Å². The first-order valence-electron chi connectivity index (χ1n) is 5.04.